The summed E-state index contributed by atoms with van der Waals surface area (Å²) >= 11 is 0. The van der Waals surface area contributed by atoms with E-state index in [4.69, 9.17) is 10.5 Å². The van der Waals surface area contributed by atoms with Crippen molar-refractivity contribution in [3.05, 3.63) is 24.3 Å². The third-order valence-corrected chi connectivity index (χ3v) is 4.58. The molecule has 2 unspecified atom stereocenters. The molecule has 3 N–H and O–H groups in total. The van der Waals surface area contributed by atoms with E-state index < -0.39 is 9.84 Å². The summed E-state index contributed by atoms with van der Waals surface area (Å²) in [6, 6.07) is 7.06. The van der Waals surface area contributed by atoms with Crippen LogP contribution in [0.15, 0.2) is 24.3 Å². The smallest absolute Gasteiger partial charge is 0.227 e. The summed E-state index contributed by atoms with van der Waals surface area (Å²) in [5.74, 6) is 0.430. The van der Waals surface area contributed by atoms with E-state index in [0.29, 0.717) is 11.4 Å². The molecule has 0 heterocycles. The number of hydrogen-bond acceptors (Lipinski definition) is 5. The maximum absolute atomic E-state index is 12.1. The van der Waals surface area contributed by atoms with Crippen LogP contribution in [0.3, 0.4) is 0 Å². The summed E-state index contributed by atoms with van der Waals surface area (Å²) < 4.78 is 27.5. The second kappa shape index (κ2) is 7.11. The molecule has 1 amide bonds. The molecule has 1 saturated carbocycles. The zero-order valence-corrected chi connectivity index (χ0v) is 13.4. The molecule has 1 aliphatic carbocycles. The van der Waals surface area contributed by atoms with Crippen LogP contribution in [0.2, 0.25) is 0 Å². The number of carbonyl (C=O) groups excluding carboxylic acids is 1. The van der Waals surface area contributed by atoms with Crippen molar-refractivity contribution in [2.75, 3.05) is 23.9 Å². The lowest BCUT2D eigenvalue weighted by atomic mass is 10.1. The molecule has 0 aromatic heterocycles. The number of ether oxygens (including phenoxy) is 1. The number of benzene rings is 1. The average Bonchev–Trinajstić information content (AvgIpc) is 2.84. The molecule has 6 nitrogen and oxygen atoms in total. The molecule has 122 valence electrons. The lowest BCUT2D eigenvalue weighted by Gasteiger charge is -2.12. The highest BCUT2D eigenvalue weighted by atomic mass is 32.2. The Balaban J connectivity index is 1.89. The number of carbonyl (C=O) groups is 1. The van der Waals surface area contributed by atoms with Crippen molar-refractivity contribution < 1.29 is 17.9 Å². The van der Waals surface area contributed by atoms with Gasteiger partial charge >= 0.3 is 0 Å². The van der Waals surface area contributed by atoms with Crippen LogP contribution in [0.5, 0.6) is 5.75 Å². The van der Waals surface area contributed by atoms with Crippen LogP contribution in [-0.2, 0) is 14.6 Å². The van der Waals surface area contributed by atoms with Gasteiger partial charge in [0.15, 0.2) is 9.84 Å². The Labute approximate surface area is 131 Å². The molecule has 0 radical (unpaired) electrons. The van der Waals surface area contributed by atoms with Crippen LogP contribution >= 0.6 is 0 Å². The van der Waals surface area contributed by atoms with Crippen molar-refractivity contribution in [2.24, 2.45) is 11.7 Å². The Morgan fingerprint density at radius 2 is 2.18 bits per heavy atom. The van der Waals surface area contributed by atoms with E-state index in [1.807, 2.05) is 0 Å². The van der Waals surface area contributed by atoms with E-state index in [1.165, 1.54) is 6.26 Å². The molecular formula is C15H22N2O4S. The minimum absolute atomic E-state index is 0.0266. The summed E-state index contributed by atoms with van der Waals surface area (Å²) in [6.07, 6.45) is 3.58. The lowest BCUT2D eigenvalue weighted by molar-refractivity contribution is -0.119. The van der Waals surface area contributed by atoms with Crippen LogP contribution < -0.4 is 15.8 Å². The van der Waals surface area contributed by atoms with Crippen LogP contribution in [0.25, 0.3) is 0 Å². The van der Waals surface area contributed by atoms with Gasteiger partial charge in [-0.2, -0.15) is 0 Å². The Morgan fingerprint density at radius 3 is 2.82 bits per heavy atom. The molecule has 0 aliphatic heterocycles. The summed E-state index contributed by atoms with van der Waals surface area (Å²) in [4.78, 5) is 12.1. The zero-order valence-electron chi connectivity index (χ0n) is 12.6. The van der Waals surface area contributed by atoms with E-state index >= 15 is 0 Å². The number of rotatable bonds is 6. The van der Waals surface area contributed by atoms with Crippen LogP contribution in [0, 0.1) is 5.92 Å². The molecule has 1 aromatic carbocycles. The number of anilines is 1. The summed E-state index contributed by atoms with van der Waals surface area (Å²) in [6.45, 7) is 0.0910. The number of nitrogens with one attached hydrogen (secondary N) is 1. The molecule has 22 heavy (non-hydrogen) atoms. The first-order valence-corrected chi connectivity index (χ1v) is 9.36. The standard InChI is InChI=1S/C15H22N2O4S/c1-22(19,20)8-7-21-14-4-2-3-13(10-14)17-15(18)11-5-6-12(16)9-11/h2-4,10-12H,5-9,16H2,1H3,(H,17,18). The maximum atomic E-state index is 12.1. The zero-order chi connectivity index (χ0) is 16.2. The van der Waals surface area contributed by atoms with E-state index in [2.05, 4.69) is 5.32 Å². The first kappa shape index (κ1) is 16.8. The Hall–Kier alpha value is -1.60. The molecule has 1 aromatic rings. The van der Waals surface area contributed by atoms with Crippen LogP contribution in [-0.4, -0.2) is 39.0 Å². The summed E-state index contributed by atoms with van der Waals surface area (Å²) in [5.41, 5.74) is 6.46. The van der Waals surface area contributed by atoms with Crippen LogP contribution in [0.4, 0.5) is 5.69 Å². The van der Waals surface area contributed by atoms with Gasteiger partial charge in [-0.25, -0.2) is 8.42 Å². The largest absolute Gasteiger partial charge is 0.492 e. The molecule has 1 aliphatic rings. The highest BCUT2D eigenvalue weighted by molar-refractivity contribution is 7.90. The Kier molecular flexibility index (Phi) is 5.42. The minimum atomic E-state index is -3.05. The minimum Gasteiger partial charge on any atom is -0.492 e. The first-order chi connectivity index (χ1) is 10.3. The van der Waals surface area contributed by atoms with Gasteiger partial charge in [0, 0.05) is 30.0 Å². The second-order valence-electron chi connectivity index (χ2n) is 5.77. The van der Waals surface area contributed by atoms with Gasteiger partial charge in [-0.15, -0.1) is 0 Å². The SMILES string of the molecule is CS(=O)(=O)CCOc1cccc(NC(=O)C2CCC(N)C2)c1. The molecule has 0 saturated heterocycles. The predicted octanol–water partition coefficient (Wildman–Crippen LogP) is 1.18. The van der Waals surface area contributed by atoms with Gasteiger partial charge in [-0.05, 0) is 31.4 Å². The molecular weight excluding hydrogens is 304 g/mol. The van der Waals surface area contributed by atoms with Gasteiger partial charge < -0.3 is 15.8 Å². The first-order valence-electron chi connectivity index (χ1n) is 7.30. The van der Waals surface area contributed by atoms with E-state index in [0.717, 1.165) is 19.3 Å². The van der Waals surface area contributed by atoms with Crippen molar-refractivity contribution in [1.29, 1.82) is 0 Å². The summed E-state index contributed by atoms with van der Waals surface area (Å²) in [5, 5.41) is 2.86. The Morgan fingerprint density at radius 1 is 1.41 bits per heavy atom. The highest BCUT2D eigenvalue weighted by Gasteiger charge is 2.27. The van der Waals surface area contributed by atoms with Gasteiger partial charge in [0.25, 0.3) is 0 Å². The van der Waals surface area contributed by atoms with Crippen LogP contribution in [0.1, 0.15) is 19.3 Å². The average molecular weight is 326 g/mol. The normalized spacial score (nSPS) is 21.5. The fourth-order valence-corrected chi connectivity index (χ4v) is 2.86. The topological polar surface area (TPSA) is 98.5 Å². The van der Waals surface area contributed by atoms with Gasteiger partial charge in [-0.1, -0.05) is 6.07 Å². The fraction of sp³-hybridized carbons (Fsp3) is 0.533. The van der Waals surface area contributed by atoms with Crippen molar-refractivity contribution in [3.8, 4) is 5.75 Å². The molecule has 2 atom stereocenters. The molecule has 0 bridgehead atoms. The van der Waals surface area contributed by atoms with Crippen molar-refractivity contribution in [2.45, 2.75) is 25.3 Å². The van der Waals surface area contributed by atoms with E-state index in [-0.39, 0.29) is 30.2 Å². The van der Waals surface area contributed by atoms with E-state index in [1.54, 1.807) is 24.3 Å². The molecule has 7 heteroatoms. The number of nitrogens with two attached hydrogens (primary N) is 1. The molecule has 1 fully saturated rings. The maximum Gasteiger partial charge on any atom is 0.227 e. The summed E-state index contributed by atoms with van der Waals surface area (Å²) in [7, 11) is -3.05. The highest BCUT2D eigenvalue weighted by Crippen LogP contribution is 2.26. The van der Waals surface area contributed by atoms with Crippen molar-refractivity contribution >= 4 is 21.4 Å². The van der Waals surface area contributed by atoms with E-state index in [9.17, 15) is 13.2 Å². The van der Waals surface area contributed by atoms with Crippen molar-refractivity contribution in [3.63, 3.8) is 0 Å². The number of hydrogen-bond donors (Lipinski definition) is 2. The molecule has 2 rings (SSSR count). The quantitative estimate of drug-likeness (QED) is 0.818. The number of amides is 1. The lowest BCUT2D eigenvalue weighted by Crippen LogP contribution is -2.23. The molecule has 0 spiro atoms. The van der Waals surface area contributed by atoms with Gasteiger partial charge in [-0.3, -0.25) is 4.79 Å². The second-order valence-corrected chi connectivity index (χ2v) is 8.03. The van der Waals surface area contributed by atoms with Gasteiger partial charge in [0.05, 0.1) is 5.75 Å². The monoisotopic (exact) mass is 326 g/mol. The predicted molar refractivity (Wildman–Crippen MR) is 85.6 cm³/mol. The van der Waals surface area contributed by atoms with Gasteiger partial charge in [0.1, 0.15) is 12.4 Å². The van der Waals surface area contributed by atoms with Crippen molar-refractivity contribution in [1.82, 2.24) is 0 Å². The number of sulfone groups is 1. The Bertz CT molecular complexity index is 630. The fourth-order valence-electron chi connectivity index (χ4n) is 2.47. The van der Waals surface area contributed by atoms with Gasteiger partial charge in [0.2, 0.25) is 5.91 Å². The third kappa shape index (κ3) is 5.31. The third-order valence-electron chi connectivity index (χ3n) is 3.67.